The molecule has 5 rings (SSSR count). The number of ether oxygens (including phenoxy) is 1. The summed E-state index contributed by atoms with van der Waals surface area (Å²) in [5.74, 6) is -1.41. The van der Waals surface area contributed by atoms with E-state index < -0.39 is 50.9 Å². The van der Waals surface area contributed by atoms with E-state index in [-0.39, 0.29) is 0 Å². The summed E-state index contributed by atoms with van der Waals surface area (Å²) in [4.78, 5) is 27.3. The lowest BCUT2D eigenvalue weighted by Gasteiger charge is -2.46. The molecule has 0 bridgehead atoms. The van der Waals surface area contributed by atoms with Gasteiger partial charge in [-0.2, -0.15) is 0 Å². The van der Waals surface area contributed by atoms with Crippen LogP contribution in [0.1, 0.15) is 41.5 Å². The van der Waals surface area contributed by atoms with Crippen molar-refractivity contribution in [1.82, 2.24) is 0 Å². The van der Waals surface area contributed by atoms with Crippen LogP contribution in [0.15, 0.2) is 121 Å². The van der Waals surface area contributed by atoms with E-state index in [1.807, 2.05) is 72.8 Å². The van der Waals surface area contributed by atoms with E-state index in [1.165, 1.54) is 0 Å². The average molecular weight is 609 g/mol. The van der Waals surface area contributed by atoms with E-state index in [0.717, 1.165) is 20.7 Å². The molecule has 0 aliphatic carbocycles. The fourth-order valence-corrected chi connectivity index (χ4v) is 15.7. The Balaban J connectivity index is 1.70. The molecule has 1 aliphatic rings. The second kappa shape index (κ2) is 11.8. The van der Waals surface area contributed by atoms with Crippen molar-refractivity contribution in [3.05, 3.63) is 121 Å². The lowest BCUT2D eigenvalue weighted by atomic mass is 10.2. The quantitative estimate of drug-likeness (QED) is 0.161. The van der Waals surface area contributed by atoms with E-state index in [2.05, 4.69) is 90.1 Å². The number of esters is 2. The number of hydrogen-bond donors (Lipinski definition) is 0. The van der Waals surface area contributed by atoms with Gasteiger partial charge in [0, 0.05) is 0 Å². The fourth-order valence-electron chi connectivity index (χ4n) is 6.45. The monoisotopic (exact) mass is 608 g/mol. The van der Waals surface area contributed by atoms with Crippen molar-refractivity contribution in [3.63, 3.8) is 0 Å². The maximum Gasteiger partial charge on any atom is 0.345 e. The van der Waals surface area contributed by atoms with Gasteiger partial charge in [-0.05, 0) is 30.8 Å². The molecule has 0 unspecified atom stereocenters. The SMILES string of the molecule is CC(C)(C)[Si](O[C@H]1C(=O)OC(=O)[C@@H]1O[Si](c1ccccc1)(c1ccccc1)C(C)(C)C)(c1ccccc1)c1ccccc1. The minimum absolute atomic E-state index is 0.413. The summed E-state index contributed by atoms with van der Waals surface area (Å²) in [6, 6.07) is 40.3. The molecule has 0 saturated carbocycles. The Morgan fingerprint density at radius 3 is 0.907 bits per heavy atom. The van der Waals surface area contributed by atoms with E-state index >= 15 is 0 Å². The number of hydrogen-bond acceptors (Lipinski definition) is 5. The van der Waals surface area contributed by atoms with Gasteiger partial charge in [-0.1, -0.05) is 163 Å². The van der Waals surface area contributed by atoms with E-state index in [1.54, 1.807) is 0 Å². The van der Waals surface area contributed by atoms with Crippen molar-refractivity contribution < 1.29 is 23.2 Å². The molecule has 0 N–H and O–H groups in total. The van der Waals surface area contributed by atoms with Crippen LogP contribution in [-0.2, 0) is 23.2 Å². The average Bonchev–Trinajstić information content (AvgIpc) is 3.25. The maximum absolute atomic E-state index is 13.7. The highest BCUT2D eigenvalue weighted by molar-refractivity contribution is 7.00. The molecular weight excluding hydrogens is 569 g/mol. The van der Waals surface area contributed by atoms with Crippen molar-refractivity contribution in [2.75, 3.05) is 0 Å². The van der Waals surface area contributed by atoms with Gasteiger partial charge in [0.25, 0.3) is 16.6 Å². The minimum Gasteiger partial charge on any atom is -0.391 e. The van der Waals surface area contributed by atoms with Crippen LogP contribution >= 0.6 is 0 Å². The zero-order valence-electron chi connectivity index (χ0n) is 25.7. The Bertz CT molecular complexity index is 1350. The summed E-state index contributed by atoms with van der Waals surface area (Å²) in [5, 5.41) is 3.19. The van der Waals surface area contributed by atoms with Crippen molar-refractivity contribution >= 4 is 49.3 Å². The third-order valence-electron chi connectivity index (χ3n) is 8.38. The summed E-state index contributed by atoms with van der Waals surface area (Å²) in [5.41, 5.74) is 0. The van der Waals surface area contributed by atoms with Crippen molar-refractivity contribution in [1.29, 1.82) is 0 Å². The first-order valence-corrected chi connectivity index (χ1v) is 18.6. The van der Waals surface area contributed by atoms with Gasteiger partial charge in [0.1, 0.15) is 0 Å². The highest BCUT2D eigenvalue weighted by atomic mass is 28.4. The fraction of sp³-hybridized carbons (Fsp3) is 0.278. The molecule has 0 amide bonds. The van der Waals surface area contributed by atoms with Gasteiger partial charge in [0.05, 0.1) is 0 Å². The standard InChI is InChI=1S/C36H40O5Si2/c1-35(2,3)42(27-19-11-7-12-20-27,28-21-13-8-14-22-28)40-31-32(34(38)39-33(31)37)41-43(36(4,5)6,29-23-15-9-16-24-29)30-25-17-10-18-26-30/h7-26,31-32H,1-6H3/t31-,32-/m1/s1. The molecule has 1 heterocycles. The van der Waals surface area contributed by atoms with E-state index in [9.17, 15) is 9.59 Å². The van der Waals surface area contributed by atoms with Crippen LogP contribution in [0, 0.1) is 0 Å². The van der Waals surface area contributed by atoms with Gasteiger partial charge in [-0.3, -0.25) is 0 Å². The first-order valence-electron chi connectivity index (χ1n) is 14.7. The van der Waals surface area contributed by atoms with Crippen LogP contribution in [0.3, 0.4) is 0 Å². The normalized spacial score (nSPS) is 18.0. The largest absolute Gasteiger partial charge is 0.391 e. The topological polar surface area (TPSA) is 61.8 Å². The van der Waals surface area contributed by atoms with Crippen LogP contribution in [-0.4, -0.2) is 40.8 Å². The summed E-state index contributed by atoms with van der Waals surface area (Å²) in [6.45, 7) is 12.8. The third-order valence-corrected chi connectivity index (χ3v) is 18.4. The van der Waals surface area contributed by atoms with Gasteiger partial charge < -0.3 is 13.6 Å². The summed E-state index contributed by atoms with van der Waals surface area (Å²) >= 11 is 0. The first-order chi connectivity index (χ1) is 20.4. The molecule has 1 saturated heterocycles. The number of rotatable bonds is 8. The smallest absolute Gasteiger partial charge is 0.345 e. The lowest BCUT2D eigenvalue weighted by molar-refractivity contribution is -0.155. The lowest BCUT2D eigenvalue weighted by Crippen LogP contribution is -2.71. The second-order valence-electron chi connectivity index (χ2n) is 13.1. The van der Waals surface area contributed by atoms with Gasteiger partial charge in [-0.25, -0.2) is 9.59 Å². The summed E-state index contributed by atoms with van der Waals surface area (Å²) in [6.07, 6.45) is -2.47. The molecule has 0 spiro atoms. The Morgan fingerprint density at radius 2 is 0.698 bits per heavy atom. The van der Waals surface area contributed by atoms with Crippen LogP contribution < -0.4 is 20.7 Å². The molecule has 222 valence electrons. The zero-order chi connectivity index (χ0) is 30.9. The van der Waals surface area contributed by atoms with Crippen molar-refractivity contribution in [2.24, 2.45) is 0 Å². The zero-order valence-corrected chi connectivity index (χ0v) is 27.7. The Morgan fingerprint density at radius 1 is 0.465 bits per heavy atom. The highest BCUT2D eigenvalue weighted by Crippen LogP contribution is 2.42. The molecule has 1 aliphatic heterocycles. The number of carbonyl (C=O) groups excluding carboxylic acids is 2. The molecular formula is C36H40O5Si2. The van der Waals surface area contributed by atoms with Gasteiger partial charge >= 0.3 is 11.9 Å². The Hall–Kier alpha value is -3.63. The van der Waals surface area contributed by atoms with Crippen molar-refractivity contribution in [3.8, 4) is 0 Å². The van der Waals surface area contributed by atoms with Crippen molar-refractivity contribution in [2.45, 2.75) is 63.8 Å². The Kier molecular flexibility index (Phi) is 8.46. The predicted molar refractivity (Wildman–Crippen MR) is 176 cm³/mol. The van der Waals surface area contributed by atoms with Gasteiger partial charge in [0.2, 0.25) is 0 Å². The molecule has 1 fully saturated rings. The minimum atomic E-state index is -3.23. The molecule has 4 aromatic carbocycles. The molecule has 5 nitrogen and oxygen atoms in total. The molecule has 2 atom stereocenters. The Labute approximate surface area is 257 Å². The van der Waals surface area contributed by atoms with Crippen LogP contribution in [0.2, 0.25) is 10.1 Å². The van der Waals surface area contributed by atoms with Gasteiger partial charge in [-0.15, -0.1) is 0 Å². The second-order valence-corrected chi connectivity index (χ2v) is 21.6. The van der Waals surface area contributed by atoms with Gasteiger partial charge in [0.15, 0.2) is 12.2 Å². The highest BCUT2D eigenvalue weighted by Gasteiger charge is 2.61. The molecule has 4 aromatic rings. The molecule has 0 radical (unpaired) electrons. The number of carbonyl (C=O) groups is 2. The molecule has 0 aromatic heterocycles. The van der Waals surface area contributed by atoms with Crippen LogP contribution in [0.4, 0.5) is 0 Å². The maximum atomic E-state index is 13.7. The third kappa shape index (κ3) is 5.47. The number of benzene rings is 4. The van der Waals surface area contributed by atoms with E-state index in [4.69, 9.17) is 13.6 Å². The summed E-state index contributed by atoms with van der Waals surface area (Å²) < 4.78 is 19.8. The van der Waals surface area contributed by atoms with E-state index in [0.29, 0.717) is 0 Å². The summed E-state index contributed by atoms with van der Waals surface area (Å²) in [7, 11) is -6.45. The van der Waals surface area contributed by atoms with Crippen LogP contribution in [0.25, 0.3) is 0 Å². The number of cyclic esters (lactones) is 2. The predicted octanol–water partition coefficient (Wildman–Crippen LogP) is 4.96. The molecule has 7 heteroatoms. The van der Waals surface area contributed by atoms with Crippen LogP contribution in [0.5, 0.6) is 0 Å². The first kappa shape index (κ1) is 30.8. The molecule has 43 heavy (non-hydrogen) atoms.